The number of thiazole rings is 1. The summed E-state index contributed by atoms with van der Waals surface area (Å²) in [6.45, 7) is 7.76. The molecule has 114 valence electrons. The Bertz CT molecular complexity index is 707. The summed E-state index contributed by atoms with van der Waals surface area (Å²) in [6, 6.07) is 7.75. The Balaban J connectivity index is 1.73. The van der Waals surface area contributed by atoms with Crippen LogP contribution in [0.3, 0.4) is 0 Å². The molecule has 1 saturated heterocycles. The van der Waals surface area contributed by atoms with Gasteiger partial charge in [-0.05, 0) is 32.0 Å². The van der Waals surface area contributed by atoms with E-state index in [0.717, 1.165) is 42.7 Å². The summed E-state index contributed by atoms with van der Waals surface area (Å²) in [5, 5.41) is 11.0. The first-order chi connectivity index (χ1) is 10.6. The normalized spacial score (nSPS) is 15.0. The van der Waals surface area contributed by atoms with Crippen molar-refractivity contribution < 1.29 is 0 Å². The smallest absolute Gasteiger partial charge is 0.185 e. The summed E-state index contributed by atoms with van der Waals surface area (Å²) in [5.74, 6) is 0. The molecule has 1 aromatic heterocycles. The van der Waals surface area contributed by atoms with Crippen molar-refractivity contribution in [3.05, 3.63) is 39.4 Å². The minimum atomic E-state index is 0.604. The Hall–Kier alpha value is -1.77. The van der Waals surface area contributed by atoms with Gasteiger partial charge in [0.05, 0.1) is 16.9 Å². The van der Waals surface area contributed by atoms with Gasteiger partial charge in [0.25, 0.3) is 0 Å². The fourth-order valence-corrected chi connectivity index (χ4v) is 3.74. The largest absolute Gasteiger partial charge is 0.367 e. The number of rotatable bonds is 2. The van der Waals surface area contributed by atoms with Crippen LogP contribution in [0.1, 0.15) is 16.1 Å². The maximum Gasteiger partial charge on any atom is 0.185 e. The van der Waals surface area contributed by atoms with Crippen molar-refractivity contribution in [1.82, 2.24) is 4.98 Å². The predicted molar refractivity (Wildman–Crippen MR) is 92.2 cm³/mol. The van der Waals surface area contributed by atoms with Crippen LogP contribution in [0.25, 0.3) is 0 Å². The predicted octanol–water partition coefficient (Wildman–Crippen LogP) is 3.61. The first kappa shape index (κ1) is 15.1. The second-order valence-corrected chi connectivity index (χ2v) is 7.00. The summed E-state index contributed by atoms with van der Waals surface area (Å²) < 4.78 is 0. The number of benzene rings is 1. The molecule has 0 N–H and O–H groups in total. The molecule has 0 saturated carbocycles. The molecule has 0 radical (unpaired) electrons. The van der Waals surface area contributed by atoms with Gasteiger partial charge in [-0.15, -0.1) is 11.3 Å². The van der Waals surface area contributed by atoms with E-state index >= 15 is 0 Å². The molecule has 0 unspecified atom stereocenters. The molecule has 3 rings (SSSR count). The van der Waals surface area contributed by atoms with Gasteiger partial charge in [-0.1, -0.05) is 11.6 Å². The minimum Gasteiger partial charge on any atom is -0.367 e. The number of piperazine rings is 1. The molecule has 6 heteroatoms. The zero-order valence-electron chi connectivity index (χ0n) is 12.6. The molecule has 1 aromatic carbocycles. The highest BCUT2D eigenvalue weighted by Gasteiger charge is 2.21. The zero-order valence-corrected chi connectivity index (χ0v) is 14.2. The molecule has 1 aliphatic rings. The van der Waals surface area contributed by atoms with Crippen molar-refractivity contribution in [1.29, 1.82) is 5.26 Å². The van der Waals surface area contributed by atoms with Gasteiger partial charge in [0.15, 0.2) is 5.13 Å². The zero-order chi connectivity index (χ0) is 15.7. The average molecular weight is 333 g/mol. The van der Waals surface area contributed by atoms with Gasteiger partial charge in [0.2, 0.25) is 0 Å². The van der Waals surface area contributed by atoms with Crippen molar-refractivity contribution in [2.45, 2.75) is 13.8 Å². The first-order valence-corrected chi connectivity index (χ1v) is 8.41. The summed E-state index contributed by atoms with van der Waals surface area (Å²) in [7, 11) is 0. The molecule has 0 spiro atoms. The van der Waals surface area contributed by atoms with E-state index in [2.05, 4.69) is 34.7 Å². The summed E-state index contributed by atoms with van der Waals surface area (Å²) in [5.41, 5.74) is 2.73. The second-order valence-electron chi connectivity index (χ2n) is 5.39. The van der Waals surface area contributed by atoms with E-state index in [0.29, 0.717) is 10.6 Å². The summed E-state index contributed by atoms with van der Waals surface area (Å²) in [4.78, 5) is 10.5. The number of halogens is 1. The highest BCUT2D eigenvalue weighted by molar-refractivity contribution is 7.15. The molecule has 1 fully saturated rings. The van der Waals surface area contributed by atoms with Gasteiger partial charge in [0, 0.05) is 36.1 Å². The Kier molecular flexibility index (Phi) is 4.23. The molecule has 1 aliphatic heterocycles. The molecule has 0 amide bonds. The third-order valence-electron chi connectivity index (χ3n) is 3.99. The quantitative estimate of drug-likeness (QED) is 0.842. The molecule has 22 heavy (non-hydrogen) atoms. The van der Waals surface area contributed by atoms with Crippen molar-refractivity contribution in [3.63, 3.8) is 0 Å². The van der Waals surface area contributed by atoms with E-state index in [1.807, 2.05) is 12.1 Å². The number of hydrogen-bond acceptors (Lipinski definition) is 5. The van der Waals surface area contributed by atoms with E-state index < -0.39 is 0 Å². The van der Waals surface area contributed by atoms with Crippen LogP contribution in [-0.2, 0) is 0 Å². The van der Waals surface area contributed by atoms with Crippen LogP contribution < -0.4 is 9.80 Å². The highest BCUT2D eigenvalue weighted by atomic mass is 35.5. The van der Waals surface area contributed by atoms with Crippen LogP contribution in [0.5, 0.6) is 0 Å². The molecular weight excluding hydrogens is 316 g/mol. The lowest BCUT2D eigenvalue weighted by Gasteiger charge is -2.36. The Morgan fingerprint density at radius 3 is 2.45 bits per heavy atom. The van der Waals surface area contributed by atoms with E-state index in [4.69, 9.17) is 11.6 Å². The van der Waals surface area contributed by atoms with Crippen molar-refractivity contribution in [3.8, 4) is 6.07 Å². The molecule has 4 nitrogen and oxygen atoms in total. The van der Waals surface area contributed by atoms with Gasteiger partial charge in [-0.25, -0.2) is 4.98 Å². The third kappa shape index (κ3) is 2.90. The van der Waals surface area contributed by atoms with Crippen LogP contribution in [0.2, 0.25) is 5.02 Å². The van der Waals surface area contributed by atoms with Gasteiger partial charge >= 0.3 is 0 Å². The van der Waals surface area contributed by atoms with E-state index in [-0.39, 0.29) is 0 Å². The first-order valence-electron chi connectivity index (χ1n) is 7.22. The van der Waals surface area contributed by atoms with Gasteiger partial charge in [0.1, 0.15) is 6.07 Å². The number of nitrogens with zero attached hydrogens (tertiary/aromatic N) is 4. The molecule has 0 bridgehead atoms. The van der Waals surface area contributed by atoms with E-state index in [1.165, 1.54) is 4.88 Å². The number of nitriles is 1. The maximum absolute atomic E-state index is 9.28. The molecule has 2 heterocycles. The molecule has 0 aliphatic carbocycles. The fourth-order valence-electron chi connectivity index (χ4n) is 2.60. The topological polar surface area (TPSA) is 43.2 Å². The minimum absolute atomic E-state index is 0.604. The van der Waals surface area contributed by atoms with Crippen LogP contribution in [0, 0.1) is 25.2 Å². The number of aromatic nitrogens is 1. The fraction of sp³-hybridized carbons (Fsp3) is 0.375. The monoisotopic (exact) mass is 332 g/mol. The molecule has 2 aromatic rings. The van der Waals surface area contributed by atoms with Crippen molar-refractivity contribution in [2.24, 2.45) is 0 Å². The van der Waals surface area contributed by atoms with Gasteiger partial charge in [-0.3, -0.25) is 0 Å². The van der Waals surface area contributed by atoms with Crippen LogP contribution in [0.4, 0.5) is 10.8 Å². The lowest BCUT2D eigenvalue weighted by molar-refractivity contribution is 0.651. The Morgan fingerprint density at radius 1 is 1.18 bits per heavy atom. The number of anilines is 2. The number of hydrogen-bond donors (Lipinski definition) is 0. The van der Waals surface area contributed by atoms with Crippen molar-refractivity contribution >= 4 is 33.8 Å². The average Bonchev–Trinajstić information content (AvgIpc) is 2.87. The van der Waals surface area contributed by atoms with E-state index in [9.17, 15) is 5.26 Å². The van der Waals surface area contributed by atoms with Crippen molar-refractivity contribution in [2.75, 3.05) is 36.0 Å². The standard InChI is InChI=1S/C16H17ClN4S/c1-11-12(2)22-16(19-11)21-7-5-20(6-8-21)15-4-3-14(17)9-13(15)10-18/h3-4,9H,5-8H2,1-2H3. The van der Waals surface area contributed by atoms with Crippen LogP contribution >= 0.6 is 22.9 Å². The lowest BCUT2D eigenvalue weighted by atomic mass is 10.1. The van der Waals surface area contributed by atoms with Crippen LogP contribution in [-0.4, -0.2) is 31.2 Å². The van der Waals surface area contributed by atoms with Gasteiger partial charge < -0.3 is 9.80 Å². The number of aryl methyl sites for hydroxylation is 2. The van der Waals surface area contributed by atoms with Crippen LogP contribution in [0.15, 0.2) is 18.2 Å². The molecular formula is C16H17ClN4S. The summed E-state index contributed by atoms with van der Waals surface area (Å²) in [6.07, 6.45) is 0. The van der Waals surface area contributed by atoms with E-state index in [1.54, 1.807) is 17.4 Å². The summed E-state index contributed by atoms with van der Waals surface area (Å²) >= 11 is 7.72. The molecule has 0 atom stereocenters. The Morgan fingerprint density at radius 2 is 1.86 bits per heavy atom. The lowest BCUT2D eigenvalue weighted by Crippen LogP contribution is -2.46. The highest BCUT2D eigenvalue weighted by Crippen LogP contribution is 2.28. The Labute approximate surface area is 139 Å². The second kappa shape index (κ2) is 6.15. The maximum atomic E-state index is 9.28. The SMILES string of the molecule is Cc1nc(N2CCN(c3ccc(Cl)cc3C#N)CC2)sc1C. The third-order valence-corrected chi connectivity index (χ3v) is 5.36. The van der Waals surface area contributed by atoms with Gasteiger partial charge in [-0.2, -0.15) is 5.26 Å².